The van der Waals surface area contributed by atoms with Crippen molar-refractivity contribution in [3.05, 3.63) is 66.2 Å². The predicted molar refractivity (Wildman–Crippen MR) is 98.0 cm³/mol. The highest BCUT2D eigenvalue weighted by molar-refractivity contribution is 8.00. The number of hydrogen-bond acceptors (Lipinski definition) is 5. The monoisotopic (exact) mass is 353 g/mol. The molecule has 3 aromatic rings. The van der Waals surface area contributed by atoms with E-state index in [0.29, 0.717) is 17.7 Å². The van der Waals surface area contributed by atoms with Crippen molar-refractivity contribution in [3.8, 4) is 11.5 Å². The number of amides is 1. The molecule has 0 bridgehead atoms. The van der Waals surface area contributed by atoms with Crippen molar-refractivity contribution < 1.29 is 9.21 Å². The zero-order chi connectivity index (χ0) is 17.6. The fraction of sp³-hybridized carbons (Fsp3) is 0.211. The quantitative estimate of drug-likeness (QED) is 0.630. The number of carbonyl (C=O) groups is 1. The number of hydrogen-bond donors (Lipinski definition) is 0. The third-order valence-corrected chi connectivity index (χ3v) is 4.61. The molecule has 5 nitrogen and oxygen atoms in total. The summed E-state index contributed by atoms with van der Waals surface area (Å²) in [6.45, 7) is 2.42. The molecule has 128 valence electrons. The molecule has 0 aliphatic rings. The van der Waals surface area contributed by atoms with Crippen LogP contribution in [0.5, 0.6) is 0 Å². The maximum absolute atomic E-state index is 12.5. The minimum atomic E-state index is -0.308. The Morgan fingerprint density at radius 1 is 1.08 bits per heavy atom. The lowest BCUT2D eigenvalue weighted by Crippen LogP contribution is -2.32. The lowest BCUT2D eigenvalue weighted by molar-refractivity contribution is -0.129. The van der Waals surface area contributed by atoms with Crippen LogP contribution < -0.4 is 0 Å². The average Bonchev–Trinajstić information content (AvgIpc) is 3.11. The number of carbonyl (C=O) groups excluding carboxylic acids is 1. The number of thioether (sulfide) groups is 1. The van der Waals surface area contributed by atoms with Crippen molar-refractivity contribution in [3.63, 3.8) is 0 Å². The van der Waals surface area contributed by atoms with Gasteiger partial charge < -0.3 is 9.32 Å². The van der Waals surface area contributed by atoms with Crippen molar-refractivity contribution in [2.75, 3.05) is 7.05 Å². The van der Waals surface area contributed by atoms with Gasteiger partial charge in [-0.2, -0.15) is 0 Å². The van der Waals surface area contributed by atoms with E-state index in [1.165, 1.54) is 11.8 Å². The highest BCUT2D eigenvalue weighted by Gasteiger charge is 2.21. The molecular weight excluding hydrogens is 334 g/mol. The van der Waals surface area contributed by atoms with Gasteiger partial charge in [0, 0.05) is 19.2 Å². The van der Waals surface area contributed by atoms with Crippen LogP contribution in [0.1, 0.15) is 12.5 Å². The first-order valence-corrected chi connectivity index (χ1v) is 8.86. The van der Waals surface area contributed by atoms with Crippen molar-refractivity contribution in [1.82, 2.24) is 15.1 Å². The molecule has 0 aliphatic heterocycles. The van der Waals surface area contributed by atoms with Gasteiger partial charge in [0.2, 0.25) is 11.8 Å². The SMILES string of the molecule is C[C@@H](Sc1nnc(-c2ccccc2)o1)C(=O)N(C)Cc1ccccc1. The molecule has 0 saturated carbocycles. The molecule has 0 unspecified atom stereocenters. The Bertz CT molecular complexity index is 821. The summed E-state index contributed by atoms with van der Waals surface area (Å²) >= 11 is 1.27. The molecule has 1 aromatic heterocycles. The molecule has 0 N–H and O–H groups in total. The summed E-state index contributed by atoms with van der Waals surface area (Å²) in [4.78, 5) is 14.3. The summed E-state index contributed by atoms with van der Waals surface area (Å²) in [5.74, 6) is 0.480. The van der Waals surface area contributed by atoms with E-state index >= 15 is 0 Å². The smallest absolute Gasteiger partial charge is 0.277 e. The van der Waals surface area contributed by atoms with Gasteiger partial charge in [0.25, 0.3) is 5.22 Å². The average molecular weight is 353 g/mol. The van der Waals surface area contributed by atoms with Gasteiger partial charge in [0.15, 0.2) is 0 Å². The third-order valence-electron chi connectivity index (χ3n) is 3.69. The summed E-state index contributed by atoms with van der Waals surface area (Å²) < 4.78 is 5.66. The second-order valence-electron chi connectivity index (χ2n) is 5.68. The van der Waals surface area contributed by atoms with E-state index in [9.17, 15) is 4.79 Å². The van der Waals surface area contributed by atoms with E-state index in [4.69, 9.17) is 4.42 Å². The fourth-order valence-electron chi connectivity index (χ4n) is 2.40. The predicted octanol–water partition coefficient (Wildman–Crippen LogP) is 3.88. The largest absolute Gasteiger partial charge is 0.411 e. The normalized spacial score (nSPS) is 11.9. The van der Waals surface area contributed by atoms with E-state index in [2.05, 4.69) is 10.2 Å². The van der Waals surface area contributed by atoms with Crippen LogP contribution in [0.4, 0.5) is 0 Å². The van der Waals surface area contributed by atoms with Crippen molar-refractivity contribution >= 4 is 17.7 Å². The molecule has 2 aromatic carbocycles. The summed E-state index contributed by atoms with van der Waals surface area (Å²) in [6.07, 6.45) is 0. The Balaban J connectivity index is 1.61. The van der Waals surface area contributed by atoms with Gasteiger partial charge in [-0.15, -0.1) is 10.2 Å². The molecule has 0 radical (unpaired) electrons. The van der Waals surface area contributed by atoms with Gasteiger partial charge in [-0.1, -0.05) is 60.3 Å². The summed E-state index contributed by atoms with van der Waals surface area (Å²) in [5, 5.41) is 8.17. The van der Waals surface area contributed by atoms with E-state index < -0.39 is 0 Å². The van der Waals surface area contributed by atoms with Crippen LogP contribution in [0.15, 0.2) is 70.3 Å². The van der Waals surface area contributed by atoms with Crippen molar-refractivity contribution in [1.29, 1.82) is 0 Å². The zero-order valence-corrected chi connectivity index (χ0v) is 14.9. The lowest BCUT2D eigenvalue weighted by atomic mass is 10.2. The highest BCUT2D eigenvalue weighted by Crippen LogP contribution is 2.26. The summed E-state index contributed by atoms with van der Waals surface area (Å²) in [7, 11) is 1.80. The van der Waals surface area contributed by atoms with E-state index in [1.807, 2.05) is 67.6 Å². The highest BCUT2D eigenvalue weighted by atomic mass is 32.2. The Hall–Kier alpha value is -2.60. The van der Waals surface area contributed by atoms with Gasteiger partial charge in [-0.25, -0.2) is 0 Å². The van der Waals surface area contributed by atoms with Crippen LogP contribution in [0.2, 0.25) is 0 Å². The Labute approximate surface area is 151 Å². The van der Waals surface area contributed by atoms with Crippen LogP contribution in [0.3, 0.4) is 0 Å². The van der Waals surface area contributed by atoms with Crippen LogP contribution >= 0.6 is 11.8 Å². The standard InChI is InChI=1S/C19H19N3O2S/c1-14(18(23)22(2)13-15-9-5-3-6-10-15)25-19-21-20-17(24-19)16-11-7-4-8-12-16/h3-12,14H,13H2,1-2H3/t14-/m1/s1. The van der Waals surface area contributed by atoms with E-state index in [1.54, 1.807) is 11.9 Å². The maximum Gasteiger partial charge on any atom is 0.277 e. The molecular formula is C19H19N3O2S. The van der Waals surface area contributed by atoms with Crippen molar-refractivity contribution in [2.45, 2.75) is 23.9 Å². The molecule has 25 heavy (non-hydrogen) atoms. The lowest BCUT2D eigenvalue weighted by Gasteiger charge is -2.20. The first-order chi connectivity index (χ1) is 12.1. The Kier molecular flexibility index (Phi) is 5.50. The van der Waals surface area contributed by atoms with Crippen molar-refractivity contribution in [2.24, 2.45) is 0 Å². The first kappa shape index (κ1) is 17.2. The fourth-order valence-corrected chi connectivity index (χ4v) is 3.20. The molecule has 1 heterocycles. The van der Waals surface area contributed by atoms with E-state index in [0.717, 1.165) is 11.1 Å². The minimum Gasteiger partial charge on any atom is -0.411 e. The Morgan fingerprint density at radius 3 is 2.40 bits per heavy atom. The number of aromatic nitrogens is 2. The Morgan fingerprint density at radius 2 is 1.72 bits per heavy atom. The zero-order valence-electron chi connectivity index (χ0n) is 14.1. The number of nitrogens with zero attached hydrogens (tertiary/aromatic N) is 3. The van der Waals surface area contributed by atoms with Crippen LogP contribution in [0, 0.1) is 0 Å². The topological polar surface area (TPSA) is 59.2 Å². The molecule has 0 fully saturated rings. The van der Waals surface area contributed by atoms with Crippen LogP contribution in [-0.2, 0) is 11.3 Å². The second-order valence-corrected chi connectivity index (χ2v) is 6.97. The number of rotatable bonds is 6. The maximum atomic E-state index is 12.5. The van der Waals surface area contributed by atoms with Gasteiger partial charge in [-0.05, 0) is 24.6 Å². The van der Waals surface area contributed by atoms with Crippen LogP contribution in [0.25, 0.3) is 11.5 Å². The minimum absolute atomic E-state index is 0.0216. The molecule has 0 spiro atoms. The third kappa shape index (κ3) is 4.48. The molecule has 3 rings (SSSR count). The number of benzene rings is 2. The molecule has 0 saturated heterocycles. The summed E-state index contributed by atoms with van der Waals surface area (Å²) in [6, 6.07) is 19.5. The molecule has 6 heteroatoms. The first-order valence-electron chi connectivity index (χ1n) is 7.98. The van der Waals surface area contributed by atoms with Gasteiger partial charge in [0.1, 0.15) is 0 Å². The second kappa shape index (κ2) is 7.98. The molecule has 1 atom stereocenters. The van der Waals surface area contributed by atoms with Crippen LogP contribution in [-0.4, -0.2) is 33.3 Å². The van der Waals surface area contributed by atoms with Gasteiger partial charge in [0.05, 0.1) is 5.25 Å². The summed E-state index contributed by atoms with van der Waals surface area (Å²) in [5.41, 5.74) is 1.96. The van der Waals surface area contributed by atoms with Gasteiger partial charge in [-0.3, -0.25) is 4.79 Å². The van der Waals surface area contributed by atoms with E-state index in [-0.39, 0.29) is 11.2 Å². The molecule has 0 aliphatic carbocycles. The van der Waals surface area contributed by atoms with Gasteiger partial charge >= 0.3 is 0 Å². The molecule has 1 amide bonds.